The highest BCUT2D eigenvalue weighted by atomic mass is 16.2. The lowest BCUT2D eigenvalue weighted by Gasteiger charge is -2.32. The summed E-state index contributed by atoms with van der Waals surface area (Å²) in [5.41, 5.74) is 1.31. The molecule has 8 heteroatoms. The molecule has 2 heterocycles. The number of unbranched alkanes of at least 4 members (excludes halogenated alkanes) is 3. The molecule has 1 saturated heterocycles. The molecular formula is C20H28N6O2. The van der Waals surface area contributed by atoms with Crippen LogP contribution in [0.1, 0.15) is 55.8 Å². The number of carbonyl (C=O) groups excluding carboxylic acids is 2. The summed E-state index contributed by atoms with van der Waals surface area (Å²) in [4.78, 5) is 27.2. The Morgan fingerprint density at radius 2 is 2.14 bits per heavy atom. The molecule has 0 saturated carbocycles. The normalized spacial score (nSPS) is 16.8. The highest BCUT2D eigenvalue weighted by Gasteiger charge is 2.28. The van der Waals surface area contributed by atoms with Gasteiger partial charge in [0.2, 0.25) is 5.91 Å². The van der Waals surface area contributed by atoms with Gasteiger partial charge in [-0.15, -0.1) is 5.10 Å². The summed E-state index contributed by atoms with van der Waals surface area (Å²) in [6, 6.07) is 7.22. The summed E-state index contributed by atoms with van der Waals surface area (Å²) in [5, 5.41) is 14.1. The Morgan fingerprint density at radius 3 is 2.93 bits per heavy atom. The van der Waals surface area contributed by atoms with E-state index < -0.39 is 0 Å². The van der Waals surface area contributed by atoms with Crippen molar-refractivity contribution in [3.8, 4) is 5.69 Å². The van der Waals surface area contributed by atoms with Crippen LogP contribution in [-0.4, -0.2) is 56.6 Å². The van der Waals surface area contributed by atoms with E-state index in [0.29, 0.717) is 18.7 Å². The van der Waals surface area contributed by atoms with Crippen LogP contribution in [0, 0.1) is 5.92 Å². The van der Waals surface area contributed by atoms with Gasteiger partial charge in [0.25, 0.3) is 5.91 Å². The predicted octanol–water partition coefficient (Wildman–Crippen LogP) is 2.21. The smallest absolute Gasteiger partial charge is 0.253 e. The number of benzene rings is 1. The summed E-state index contributed by atoms with van der Waals surface area (Å²) in [5.74, 6) is -0.126. The SMILES string of the molecule is CCCCCCNC(=O)C1CCCN(C(=O)c2cccc(-n3cnnn3)c2)C1. The molecule has 0 aliphatic carbocycles. The van der Waals surface area contributed by atoms with E-state index in [-0.39, 0.29) is 17.7 Å². The van der Waals surface area contributed by atoms with Crippen LogP contribution in [0.4, 0.5) is 0 Å². The maximum atomic E-state index is 13.0. The Morgan fingerprint density at radius 1 is 1.25 bits per heavy atom. The van der Waals surface area contributed by atoms with Gasteiger partial charge in [0.1, 0.15) is 6.33 Å². The van der Waals surface area contributed by atoms with Crippen molar-refractivity contribution in [1.82, 2.24) is 30.4 Å². The van der Waals surface area contributed by atoms with Crippen molar-refractivity contribution >= 4 is 11.8 Å². The van der Waals surface area contributed by atoms with Gasteiger partial charge in [0.15, 0.2) is 0 Å². The monoisotopic (exact) mass is 384 g/mol. The first kappa shape index (κ1) is 20.0. The molecule has 1 fully saturated rings. The molecule has 0 spiro atoms. The third-order valence-corrected chi connectivity index (χ3v) is 5.12. The van der Waals surface area contributed by atoms with E-state index in [2.05, 4.69) is 27.8 Å². The molecule has 150 valence electrons. The van der Waals surface area contributed by atoms with Crippen LogP contribution >= 0.6 is 0 Å². The quantitative estimate of drug-likeness (QED) is 0.705. The van der Waals surface area contributed by atoms with E-state index in [0.717, 1.165) is 37.9 Å². The number of tetrazole rings is 1. The predicted molar refractivity (Wildman–Crippen MR) is 105 cm³/mol. The van der Waals surface area contributed by atoms with Gasteiger partial charge in [-0.2, -0.15) is 0 Å². The van der Waals surface area contributed by atoms with Gasteiger partial charge in [-0.25, -0.2) is 4.68 Å². The van der Waals surface area contributed by atoms with Crippen LogP contribution in [0.5, 0.6) is 0 Å². The van der Waals surface area contributed by atoms with Crippen LogP contribution in [0.25, 0.3) is 5.69 Å². The van der Waals surface area contributed by atoms with Crippen LogP contribution in [-0.2, 0) is 4.79 Å². The zero-order valence-electron chi connectivity index (χ0n) is 16.4. The summed E-state index contributed by atoms with van der Waals surface area (Å²) < 4.78 is 1.52. The molecule has 3 rings (SSSR count). The number of rotatable bonds is 8. The number of nitrogens with one attached hydrogen (secondary N) is 1. The molecule has 1 unspecified atom stereocenters. The maximum Gasteiger partial charge on any atom is 0.253 e. The van der Waals surface area contributed by atoms with Crippen LogP contribution in [0.2, 0.25) is 0 Å². The van der Waals surface area contributed by atoms with Gasteiger partial charge in [-0.3, -0.25) is 9.59 Å². The summed E-state index contributed by atoms with van der Waals surface area (Å²) in [7, 11) is 0. The second-order valence-corrected chi connectivity index (χ2v) is 7.25. The average molecular weight is 384 g/mol. The maximum absolute atomic E-state index is 13.0. The number of nitrogens with zero attached hydrogens (tertiary/aromatic N) is 5. The first-order valence-electron chi connectivity index (χ1n) is 10.1. The minimum Gasteiger partial charge on any atom is -0.356 e. The standard InChI is InChI=1S/C20H28N6O2/c1-2-3-4-5-11-21-19(27)17-9-7-12-25(14-17)20(28)16-8-6-10-18(13-16)26-15-22-23-24-26/h6,8,10,13,15,17H,2-5,7,9,11-12,14H2,1H3,(H,21,27). The molecule has 2 amide bonds. The second-order valence-electron chi connectivity index (χ2n) is 7.25. The average Bonchev–Trinajstić information content (AvgIpc) is 3.28. The van der Waals surface area contributed by atoms with Gasteiger partial charge in [-0.05, 0) is 47.9 Å². The van der Waals surface area contributed by atoms with Crippen molar-refractivity contribution in [2.45, 2.75) is 45.4 Å². The van der Waals surface area contributed by atoms with Crippen molar-refractivity contribution in [3.05, 3.63) is 36.2 Å². The van der Waals surface area contributed by atoms with Gasteiger partial charge >= 0.3 is 0 Å². The second kappa shape index (κ2) is 9.96. The number of hydrogen-bond acceptors (Lipinski definition) is 5. The molecule has 2 aromatic rings. The molecule has 0 bridgehead atoms. The summed E-state index contributed by atoms with van der Waals surface area (Å²) >= 11 is 0. The third-order valence-electron chi connectivity index (χ3n) is 5.12. The molecule has 0 radical (unpaired) electrons. The van der Waals surface area contributed by atoms with E-state index >= 15 is 0 Å². The van der Waals surface area contributed by atoms with Crippen molar-refractivity contribution < 1.29 is 9.59 Å². The van der Waals surface area contributed by atoms with Crippen molar-refractivity contribution in [1.29, 1.82) is 0 Å². The Labute approximate surface area is 165 Å². The van der Waals surface area contributed by atoms with Crippen molar-refractivity contribution in [2.24, 2.45) is 5.92 Å². The van der Waals surface area contributed by atoms with Crippen LogP contribution < -0.4 is 5.32 Å². The Kier molecular flexibility index (Phi) is 7.11. The topological polar surface area (TPSA) is 93.0 Å². The van der Waals surface area contributed by atoms with Crippen LogP contribution in [0.15, 0.2) is 30.6 Å². The molecular weight excluding hydrogens is 356 g/mol. The van der Waals surface area contributed by atoms with Gasteiger partial charge < -0.3 is 10.2 Å². The minimum absolute atomic E-state index is 0.0598. The number of likely N-dealkylation sites (tertiary alicyclic amines) is 1. The molecule has 1 N–H and O–H groups in total. The molecule has 1 aromatic heterocycles. The Hall–Kier alpha value is -2.77. The highest BCUT2D eigenvalue weighted by Crippen LogP contribution is 2.20. The van der Waals surface area contributed by atoms with E-state index in [1.165, 1.54) is 23.9 Å². The van der Waals surface area contributed by atoms with Gasteiger partial charge in [0, 0.05) is 25.2 Å². The fourth-order valence-electron chi connectivity index (χ4n) is 3.53. The van der Waals surface area contributed by atoms with E-state index in [4.69, 9.17) is 0 Å². The number of piperidine rings is 1. The first-order chi connectivity index (χ1) is 13.7. The summed E-state index contributed by atoms with van der Waals surface area (Å²) in [6.07, 6.45) is 7.70. The zero-order chi connectivity index (χ0) is 19.8. The Bertz CT molecular complexity index is 777. The number of amides is 2. The first-order valence-corrected chi connectivity index (χ1v) is 10.1. The van der Waals surface area contributed by atoms with Gasteiger partial charge in [0.05, 0.1) is 11.6 Å². The van der Waals surface area contributed by atoms with E-state index in [1.807, 2.05) is 12.1 Å². The lowest BCUT2D eigenvalue weighted by atomic mass is 9.96. The van der Waals surface area contributed by atoms with E-state index in [9.17, 15) is 9.59 Å². The van der Waals surface area contributed by atoms with Crippen molar-refractivity contribution in [3.63, 3.8) is 0 Å². The third kappa shape index (κ3) is 5.15. The Balaban J connectivity index is 1.57. The van der Waals surface area contributed by atoms with Gasteiger partial charge in [-0.1, -0.05) is 32.3 Å². The van der Waals surface area contributed by atoms with Crippen LogP contribution in [0.3, 0.4) is 0 Å². The fraction of sp³-hybridized carbons (Fsp3) is 0.550. The number of aromatic nitrogens is 4. The molecule has 1 atom stereocenters. The molecule has 1 aliphatic heterocycles. The molecule has 1 aromatic carbocycles. The zero-order valence-corrected chi connectivity index (χ0v) is 16.4. The fourth-order valence-corrected chi connectivity index (χ4v) is 3.53. The molecule has 8 nitrogen and oxygen atoms in total. The summed E-state index contributed by atoms with van der Waals surface area (Å²) in [6.45, 7) is 4.03. The number of hydrogen-bond donors (Lipinski definition) is 1. The highest BCUT2D eigenvalue weighted by molar-refractivity contribution is 5.95. The van der Waals surface area contributed by atoms with Crippen molar-refractivity contribution in [2.75, 3.05) is 19.6 Å². The largest absolute Gasteiger partial charge is 0.356 e. The lowest BCUT2D eigenvalue weighted by Crippen LogP contribution is -2.45. The minimum atomic E-state index is -0.133. The molecule has 28 heavy (non-hydrogen) atoms. The molecule has 1 aliphatic rings. The number of carbonyl (C=O) groups is 2. The van der Waals surface area contributed by atoms with E-state index in [1.54, 1.807) is 17.0 Å². The lowest BCUT2D eigenvalue weighted by molar-refractivity contribution is -0.126.